The van der Waals surface area contributed by atoms with Crippen molar-refractivity contribution in [3.8, 4) is 0 Å². The number of hydrogen-bond donors (Lipinski definition) is 0. The summed E-state index contributed by atoms with van der Waals surface area (Å²) in [5.74, 6) is 0. The highest BCUT2D eigenvalue weighted by molar-refractivity contribution is 9.10. The highest BCUT2D eigenvalue weighted by Gasteiger charge is 2.41. The molecular formula is C12H19BrN4O2S. The number of piperidine rings is 1. The zero-order valence-corrected chi connectivity index (χ0v) is 14.0. The summed E-state index contributed by atoms with van der Waals surface area (Å²) in [5.41, 5.74) is 0.411. The molecule has 2 aliphatic rings. The first kappa shape index (κ1) is 14.5. The molecule has 0 unspecified atom stereocenters. The minimum Gasteiger partial charge on any atom is -0.235 e. The summed E-state index contributed by atoms with van der Waals surface area (Å²) in [6.45, 7) is 1.22. The van der Waals surface area contributed by atoms with E-state index in [0.29, 0.717) is 23.1 Å². The van der Waals surface area contributed by atoms with E-state index in [-0.39, 0.29) is 5.03 Å². The zero-order valence-electron chi connectivity index (χ0n) is 11.5. The molecule has 2 fully saturated rings. The second-order valence-electron chi connectivity index (χ2n) is 5.92. The Balaban J connectivity index is 1.80. The second kappa shape index (κ2) is 5.06. The van der Waals surface area contributed by atoms with Crippen LogP contribution in [0.4, 0.5) is 0 Å². The Morgan fingerprint density at radius 1 is 1.15 bits per heavy atom. The Labute approximate surface area is 127 Å². The van der Waals surface area contributed by atoms with Crippen LogP contribution in [0.25, 0.3) is 0 Å². The van der Waals surface area contributed by atoms with E-state index in [0.717, 1.165) is 12.8 Å². The van der Waals surface area contributed by atoms with E-state index in [4.69, 9.17) is 0 Å². The summed E-state index contributed by atoms with van der Waals surface area (Å²) in [4.78, 5) is 0. The highest BCUT2D eigenvalue weighted by Crippen LogP contribution is 2.46. The van der Waals surface area contributed by atoms with Crippen LogP contribution in [0.1, 0.15) is 38.5 Å². The third-order valence-electron chi connectivity index (χ3n) is 4.77. The first-order valence-corrected chi connectivity index (χ1v) is 9.23. The topological polar surface area (TPSA) is 68.1 Å². The van der Waals surface area contributed by atoms with Gasteiger partial charge >= 0.3 is 0 Å². The predicted molar refractivity (Wildman–Crippen MR) is 77.6 cm³/mol. The quantitative estimate of drug-likeness (QED) is 0.805. The summed E-state index contributed by atoms with van der Waals surface area (Å²) in [6.07, 6.45) is 7.08. The first-order valence-electron chi connectivity index (χ1n) is 7.00. The van der Waals surface area contributed by atoms with Crippen LogP contribution in [0.3, 0.4) is 0 Å². The monoisotopic (exact) mass is 362 g/mol. The molecule has 0 aromatic carbocycles. The standard InChI is InChI=1S/C12H19BrN4O2S/c1-16-11(10(13)14-15-16)20(18,19)17-8-6-12(7-9-17)4-2-3-5-12/h2-9H2,1H3. The normalized spacial score (nSPS) is 23.5. The van der Waals surface area contributed by atoms with Crippen molar-refractivity contribution in [3.63, 3.8) is 0 Å². The Morgan fingerprint density at radius 3 is 2.25 bits per heavy atom. The van der Waals surface area contributed by atoms with Crippen LogP contribution in [0, 0.1) is 5.41 Å². The van der Waals surface area contributed by atoms with Crippen LogP contribution < -0.4 is 0 Å². The molecule has 0 amide bonds. The van der Waals surface area contributed by atoms with E-state index in [1.807, 2.05) is 0 Å². The SMILES string of the molecule is Cn1nnc(Br)c1S(=O)(=O)N1CCC2(CCCC2)CC1. The lowest BCUT2D eigenvalue weighted by Crippen LogP contribution is -2.42. The molecule has 1 aliphatic carbocycles. The van der Waals surface area contributed by atoms with Gasteiger partial charge < -0.3 is 0 Å². The molecule has 0 bridgehead atoms. The molecule has 1 saturated carbocycles. The molecule has 3 rings (SSSR count). The van der Waals surface area contributed by atoms with Crippen LogP contribution >= 0.6 is 15.9 Å². The fourth-order valence-electron chi connectivity index (χ4n) is 3.54. The van der Waals surface area contributed by atoms with Gasteiger partial charge in [0.15, 0.2) is 4.60 Å². The molecule has 1 spiro atoms. The molecule has 2 heterocycles. The third kappa shape index (κ3) is 2.31. The summed E-state index contributed by atoms with van der Waals surface area (Å²) >= 11 is 3.18. The van der Waals surface area contributed by atoms with Crippen molar-refractivity contribution in [2.45, 2.75) is 43.6 Å². The van der Waals surface area contributed by atoms with Crippen molar-refractivity contribution in [2.24, 2.45) is 12.5 Å². The number of aromatic nitrogens is 3. The van der Waals surface area contributed by atoms with E-state index in [1.54, 1.807) is 11.4 Å². The first-order chi connectivity index (χ1) is 9.45. The van der Waals surface area contributed by atoms with Crippen LogP contribution in [0.15, 0.2) is 9.63 Å². The van der Waals surface area contributed by atoms with Crippen LogP contribution in [0.5, 0.6) is 0 Å². The Kier molecular flexibility index (Phi) is 3.66. The number of rotatable bonds is 2. The molecule has 1 aromatic heterocycles. The molecule has 1 aromatic rings. The lowest BCUT2D eigenvalue weighted by Gasteiger charge is -2.38. The van der Waals surface area contributed by atoms with Crippen LogP contribution in [0.2, 0.25) is 0 Å². The van der Waals surface area contributed by atoms with Gasteiger partial charge in [-0.2, -0.15) is 4.31 Å². The van der Waals surface area contributed by atoms with E-state index >= 15 is 0 Å². The van der Waals surface area contributed by atoms with Gasteiger partial charge in [0.1, 0.15) is 0 Å². The minimum absolute atomic E-state index is 0.153. The van der Waals surface area contributed by atoms with E-state index in [1.165, 1.54) is 30.4 Å². The molecule has 1 saturated heterocycles. The average molecular weight is 363 g/mol. The minimum atomic E-state index is -3.50. The summed E-state index contributed by atoms with van der Waals surface area (Å²) in [6, 6.07) is 0. The molecule has 6 nitrogen and oxygen atoms in total. The lowest BCUT2D eigenvalue weighted by atomic mass is 9.78. The van der Waals surface area contributed by atoms with Gasteiger partial charge in [-0.05, 0) is 47.0 Å². The summed E-state index contributed by atoms with van der Waals surface area (Å²) < 4.78 is 28.6. The maximum absolute atomic E-state index is 12.7. The van der Waals surface area contributed by atoms with Crippen molar-refractivity contribution in [1.29, 1.82) is 0 Å². The van der Waals surface area contributed by atoms with Gasteiger partial charge in [0.25, 0.3) is 10.0 Å². The number of halogens is 1. The smallest absolute Gasteiger partial charge is 0.235 e. The second-order valence-corrected chi connectivity index (χ2v) is 8.52. The Hall–Kier alpha value is -0.470. The Morgan fingerprint density at radius 2 is 1.75 bits per heavy atom. The highest BCUT2D eigenvalue weighted by atomic mass is 79.9. The molecule has 0 N–H and O–H groups in total. The van der Waals surface area contributed by atoms with Gasteiger partial charge in [0.2, 0.25) is 5.03 Å². The van der Waals surface area contributed by atoms with Crippen molar-refractivity contribution in [3.05, 3.63) is 4.60 Å². The van der Waals surface area contributed by atoms with Gasteiger partial charge in [-0.3, -0.25) is 0 Å². The van der Waals surface area contributed by atoms with Crippen molar-refractivity contribution in [2.75, 3.05) is 13.1 Å². The fourth-order valence-corrected chi connectivity index (χ4v) is 6.02. The molecule has 112 valence electrons. The van der Waals surface area contributed by atoms with E-state index < -0.39 is 10.0 Å². The average Bonchev–Trinajstić information content (AvgIpc) is 2.98. The molecule has 0 atom stereocenters. The van der Waals surface area contributed by atoms with Gasteiger partial charge in [-0.25, -0.2) is 13.1 Å². The van der Waals surface area contributed by atoms with Crippen LogP contribution in [-0.2, 0) is 17.1 Å². The molecule has 20 heavy (non-hydrogen) atoms. The zero-order chi connectivity index (χ0) is 14.4. The molecule has 8 heteroatoms. The lowest BCUT2D eigenvalue weighted by molar-refractivity contribution is 0.160. The number of aryl methyl sites for hydroxylation is 1. The summed E-state index contributed by atoms with van der Waals surface area (Å²) in [7, 11) is -1.90. The fraction of sp³-hybridized carbons (Fsp3) is 0.833. The van der Waals surface area contributed by atoms with Crippen molar-refractivity contribution in [1.82, 2.24) is 19.3 Å². The van der Waals surface area contributed by atoms with Gasteiger partial charge in [0.05, 0.1) is 0 Å². The van der Waals surface area contributed by atoms with Gasteiger partial charge in [-0.15, -0.1) is 5.10 Å². The number of hydrogen-bond acceptors (Lipinski definition) is 4. The molecule has 1 aliphatic heterocycles. The molecule has 0 radical (unpaired) electrons. The summed E-state index contributed by atoms with van der Waals surface area (Å²) in [5, 5.41) is 7.69. The maximum atomic E-state index is 12.7. The van der Waals surface area contributed by atoms with Gasteiger partial charge in [0, 0.05) is 20.1 Å². The number of sulfonamides is 1. The molecular weight excluding hydrogens is 344 g/mol. The van der Waals surface area contributed by atoms with Crippen LogP contribution in [-0.4, -0.2) is 40.8 Å². The van der Waals surface area contributed by atoms with E-state index in [9.17, 15) is 8.42 Å². The maximum Gasteiger partial charge on any atom is 0.263 e. The third-order valence-corrected chi connectivity index (χ3v) is 7.56. The van der Waals surface area contributed by atoms with E-state index in [2.05, 4.69) is 26.2 Å². The van der Waals surface area contributed by atoms with Crippen molar-refractivity contribution < 1.29 is 8.42 Å². The largest absolute Gasteiger partial charge is 0.263 e. The number of nitrogens with zero attached hydrogens (tertiary/aromatic N) is 4. The van der Waals surface area contributed by atoms with Crippen molar-refractivity contribution >= 4 is 26.0 Å². The predicted octanol–water partition coefficient (Wildman–Crippen LogP) is 1.92. The van der Waals surface area contributed by atoms with Gasteiger partial charge in [-0.1, -0.05) is 18.1 Å². The Bertz CT molecular complexity index is 577.